The first kappa shape index (κ1) is 27.3. The Bertz CT molecular complexity index is 1280. The Hall–Kier alpha value is -4.33. The van der Waals surface area contributed by atoms with Gasteiger partial charge in [-0.25, -0.2) is 4.79 Å². The number of nitrogens with zero attached hydrogens (tertiary/aromatic N) is 4. The molecule has 37 heavy (non-hydrogen) atoms. The van der Waals surface area contributed by atoms with E-state index in [0.717, 1.165) is 12.1 Å². The Morgan fingerprint density at radius 3 is 2.46 bits per heavy atom. The summed E-state index contributed by atoms with van der Waals surface area (Å²) in [4.78, 5) is 39.1. The van der Waals surface area contributed by atoms with Gasteiger partial charge in [0.2, 0.25) is 5.91 Å². The topological polar surface area (TPSA) is 148 Å². The van der Waals surface area contributed by atoms with Gasteiger partial charge >= 0.3 is 12.1 Å². The summed E-state index contributed by atoms with van der Waals surface area (Å²) in [5.74, 6) is -1.30. The summed E-state index contributed by atoms with van der Waals surface area (Å²) in [5.41, 5.74) is 0.473. The fraction of sp³-hybridized carbons (Fsp3) is 0.304. The second-order valence-corrected chi connectivity index (χ2v) is 7.78. The molecule has 3 rings (SSSR count). The highest BCUT2D eigenvalue weighted by molar-refractivity contribution is 5.91. The fourth-order valence-corrected chi connectivity index (χ4v) is 3.22. The third kappa shape index (κ3) is 9.33. The number of alkyl halides is 3. The molecule has 3 aromatic rings. The van der Waals surface area contributed by atoms with Crippen LogP contribution in [0, 0.1) is 0 Å². The van der Waals surface area contributed by atoms with Gasteiger partial charge < -0.3 is 20.5 Å². The highest BCUT2D eigenvalue weighted by atomic mass is 19.4. The van der Waals surface area contributed by atoms with Gasteiger partial charge in [0.05, 0.1) is 12.1 Å². The van der Waals surface area contributed by atoms with Gasteiger partial charge in [-0.15, -0.1) is 18.3 Å². The number of aryl methyl sites for hydroxylation is 2. The highest BCUT2D eigenvalue weighted by Gasteiger charge is 2.31. The quantitative estimate of drug-likeness (QED) is 0.326. The molecule has 2 heterocycles. The minimum atomic E-state index is -4.82. The lowest BCUT2D eigenvalue weighted by Gasteiger charge is -2.10. The van der Waals surface area contributed by atoms with Crippen molar-refractivity contribution in [3.8, 4) is 5.75 Å². The Morgan fingerprint density at radius 2 is 1.78 bits per heavy atom. The molecule has 0 fully saturated rings. The van der Waals surface area contributed by atoms with Crippen LogP contribution in [0.15, 0.2) is 53.5 Å². The zero-order chi connectivity index (χ0) is 26.8. The predicted molar refractivity (Wildman–Crippen MR) is 125 cm³/mol. The SMILES string of the molecule is O=C(Cc1cccc(OC(F)(F)F)c1)Nc1ccc(CCCCn2ccc(NC(=O)CO)nc2=O)nn1. The van der Waals surface area contributed by atoms with Crippen molar-refractivity contribution >= 4 is 23.5 Å². The van der Waals surface area contributed by atoms with E-state index in [9.17, 15) is 27.6 Å². The third-order valence-corrected chi connectivity index (χ3v) is 4.85. The molecule has 0 unspecified atom stereocenters. The second kappa shape index (κ2) is 12.6. The number of hydrogen-bond acceptors (Lipinski definition) is 8. The molecule has 11 nitrogen and oxygen atoms in total. The normalized spacial score (nSPS) is 11.1. The molecule has 0 aliphatic rings. The first-order chi connectivity index (χ1) is 17.6. The summed E-state index contributed by atoms with van der Waals surface area (Å²) >= 11 is 0. The average Bonchev–Trinajstić information content (AvgIpc) is 2.83. The smallest absolute Gasteiger partial charge is 0.406 e. The average molecular weight is 520 g/mol. The van der Waals surface area contributed by atoms with Crippen molar-refractivity contribution < 1.29 is 32.6 Å². The van der Waals surface area contributed by atoms with Crippen molar-refractivity contribution in [3.05, 3.63) is 70.4 Å². The van der Waals surface area contributed by atoms with Gasteiger partial charge in [0.1, 0.15) is 18.2 Å². The number of rotatable bonds is 11. The molecular weight excluding hydrogens is 497 g/mol. The van der Waals surface area contributed by atoms with E-state index in [4.69, 9.17) is 5.11 Å². The number of hydrogen-bond donors (Lipinski definition) is 3. The molecule has 2 aromatic heterocycles. The van der Waals surface area contributed by atoms with Gasteiger partial charge in [-0.05, 0) is 55.2 Å². The molecule has 2 amide bonds. The Kier molecular flexibility index (Phi) is 9.27. The first-order valence-corrected chi connectivity index (χ1v) is 11.1. The molecule has 0 bridgehead atoms. The lowest BCUT2D eigenvalue weighted by Crippen LogP contribution is -2.25. The van der Waals surface area contributed by atoms with E-state index in [1.807, 2.05) is 0 Å². The van der Waals surface area contributed by atoms with E-state index in [1.54, 1.807) is 12.1 Å². The molecular formula is C23H23F3N6O5. The van der Waals surface area contributed by atoms with Crippen molar-refractivity contribution in [2.75, 3.05) is 17.2 Å². The van der Waals surface area contributed by atoms with Crippen molar-refractivity contribution in [1.82, 2.24) is 19.7 Å². The van der Waals surface area contributed by atoms with Crippen molar-refractivity contribution in [3.63, 3.8) is 0 Å². The van der Waals surface area contributed by atoms with E-state index in [-0.39, 0.29) is 18.1 Å². The van der Waals surface area contributed by atoms with Crippen LogP contribution in [0.4, 0.5) is 24.8 Å². The number of aromatic nitrogens is 4. The van der Waals surface area contributed by atoms with Crippen LogP contribution in [0.2, 0.25) is 0 Å². The molecule has 196 valence electrons. The number of anilines is 2. The monoisotopic (exact) mass is 520 g/mol. The molecule has 0 atom stereocenters. The first-order valence-electron chi connectivity index (χ1n) is 11.1. The maximum Gasteiger partial charge on any atom is 0.573 e. The Balaban J connectivity index is 1.43. The van der Waals surface area contributed by atoms with Crippen LogP contribution in [0.1, 0.15) is 24.1 Å². The number of aliphatic hydroxyl groups is 1. The zero-order valence-electron chi connectivity index (χ0n) is 19.4. The van der Waals surface area contributed by atoms with Crippen LogP contribution < -0.4 is 21.1 Å². The van der Waals surface area contributed by atoms with E-state index in [1.165, 1.54) is 29.0 Å². The predicted octanol–water partition coefficient (Wildman–Crippen LogP) is 2.07. The van der Waals surface area contributed by atoms with Crippen LogP contribution in [-0.2, 0) is 29.0 Å². The lowest BCUT2D eigenvalue weighted by atomic mass is 10.1. The van der Waals surface area contributed by atoms with Gasteiger partial charge in [-0.1, -0.05) is 12.1 Å². The summed E-state index contributed by atoms with van der Waals surface area (Å²) in [6.07, 6.45) is -1.60. The van der Waals surface area contributed by atoms with E-state index >= 15 is 0 Å². The number of nitrogens with one attached hydrogen (secondary N) is 2. The molecule has 1 aromatic carbocycles. The van der Waals surface area contributed by atoms with Gasteiger partial charge in [-0.2, -0.15) is 10.1 Å². The maximum absolute atomic E-state index is 12.4. The highest BCUT2D eigenvalue weighted by Crippen LogP contribution is 2.23. The number of carbonyl (C=O) groups excluding carboxylic acids is 2. The minimum absolute atomic E-state index is 0.0618. The molecule has 0 saturated carbocycles. The number of carbonyl (C=O) groups is 2. The minimum Gasteiger partial charge on any atom is -0.406 e. The summed E-state index contributed by atoms with van der Waals surface area (Å²) < 4.78 is 42.3. The number of unbranched alkanes of at least 4 members (excludes halogenated alkanes) is 1. The van der Waals surface area contributed by atoms with Gasteiger partial charge in [0.15, 0.2) is 5.82 Å². The number of amides is 2. The number of halogens is 3. The molecule has 0 spiro atoms. The van der Waals surface area contributed by atoms with Crippen molar-refractivity contribution in [1.29, 1.82) is 0 Å². The molecule has 0 saturated heterocycles. The van der Waals surface area contributed by atoms with E-state index in [0.29, 0.717) is 37.1 Å². The molecule has 0 radical (unpaired) electrons. The molecule has 0 aliphatic heterocycles. The summed E-state index contributed by atoms with van der Waals surface area (Å²) in [7, 11) is 0. The fourth-order valence-electron chi connectivity index (χ4n) is 3.22. The molecule has 14 heteroatoms. The van der Waals surface area contributed by atoms with E-state index < -0.39 is 36.2 Å². The number of benzene rings is 1. The van der Waals surface area contributed by atoms with E-state index in [2.05, 4.69) is 30.6 Å². The van der Waals surface area contributed by atoms with Crippen LogP contribution in [0.5, 0.6) is 5.75 Å². The Labute approximate surface area is 208 Å². The molecule has 3 N–H and O–H groups in total. The van der Waals surface area contributed by atoms with Gasteiger partial charge in [0, 0.05) is 12.7 Å². The van der Waals surface area contributed by atoms with Crippen molar-refractivity contribution in [2.24, 2.45) is 0 Å². The van der Waals surface area contributed by atoms with Crippen LogP contribution in [-0.4, -0.2) is 49.6 Å². The summed E-state index contributed by atoms with van der Waals surface area (Å²) in [5, 5.41) is 21.5. The van der Waals surface area contributed by atoms with Crippen molar-refractivity contribution in [2.45, 2.75) is 38.6 Å². The van der Waals surface area contributed by atoms with Crippen LogP contribution in [0.25, 0.3) is 0 Å². The van der Waals surface area contributed by atoms with Crippen LogP contribution in [0.3, 0.4) is 0 Å². The summed E-state index contributed by atoms with van der Waals surface area (Å²) in [6.45, 7) is -0.309. The second-order valence-electron chi connectivity index (χ2n) is 7.78. The third-order valence-electron chi connectivity index (χ3n) is 4.85. The van der Waals surface area contributed by atoms with Gasteiger partial charge in [-0.3, -0.25) is 14.2 Å². The van der Waals surface area contributed by atoms with Crippen LogP contribution >= 0.6 is 0 Å². The standard InChI is InChI=1S/C23H23F3N6O5/c24-23(25,26)37-17-6-3-4-15(12-17)13-20(34)28-19-8-7-16(30-31-19)5-1-2-10-32-11-9-18(29-22(32)36)27-21(35)14-33/h3-4,6-9,11-12,33H,1-2,5,10,13-14H2,(H,28,31,34)(H,27,29,35,36). The molecule has 0 aliphatic carbocycles. The zero-order valence-corrected chi connectivity index (χ0v) is 19.4. The van der Waals surface area contributed by atoms with Gasteiger partial charge in [0.25, 0.3) is 5.91 Å². The largest absolute Gasteiger partial charge is 0.573 e. The number of aliphatic hydroxyl groups excluding tert-OH is 1. The number of ether oxygens (including phenoxy) is 1. The lowest BCUT2D eigenvalue weighted by molar-refractivity contribution is -0.274. The summed E-state index contributed by atoms with van der Waals surface area (Å²) in [6, 6.07) is 9.86. The maximum atomic E-state index is 12.4. The Morgan fingerprint density at radius 1 is 1.00 bits per heavy atom.